The maximum Gasteiger partial charge on any atom is 0.429 e. The molecule has 3 aromatic rings. The van der Waals surface area contributed by atoms with Gasteiger partial charge in [0.15, 0.2) is 4.88 Å². The summed E-state index contributed by atoms with van der Waals surface area (Å²) in [6, 6.07) is 2.18. The van der Waals surface area contributed by atoms with Gasteiger partial charge in [0.1, 0.15) is 18.5 Å². The molecule has 2 saturated carbocycles. The molecule has 0 bridgehead atoms. The number of aliphatic hydroxyl groups is 1. The summed E-state index contributed by atoms with van der Waals surface area (Å²) >= 11 is 0.990. The van der Waals surface area contributed by atoms with E-state index in [2.05, 4.69) is 20.1 Å². The number of aromatic nitrogens is 3. The summed E-state index contributed by atoms with van der Waals surface area (Å²) in [5.74, 6) is -1.44. The predicted octanol–water partition coefficient (Wildman–Crippen LogP) is 3.25. The molecule has 0 aromatic carbocycles. The molecule has 228 valence electrons. The second-order valence-corrected chi connectivity index (χ2v) is 11.3. The van der Waals surface area contributed by atoms with Crippen LogP contribution in [-0.4, -0.2) is 75.3 Å². The minimum Gasteiger partial charge on any atom is -0.488 e. The number of ether oxygens (including phenoxy) is 3. The molecule has 2 aliphatic rings. The van der Waals surface area contributed by atoms with Gasteiger partial charge >= 0.3 is 12.4 Å². The van der Waals surface area contributed by atoms with Gasteiger partial charge in [-0.3, -0.25) is 9.59 Å². The number of nitrogens with two attached hydrogens (primary N) is 1. The van der Waals surface area contributed by atoms with E-state index in [1.807, 2.05) is 0 Å². The molecule has 5 rings (SSSR count). The molecule has 11 nitrogen and oxygen atoms in total. The highest BCUT2D eigenvalue weighted by Crippen LogP contribution is 2.57. The summed E-state index contributed by atoms with van der Waals surface area (Å²) in [6.45, 7) is -2.13. The van der Waals surface area contributed by atoms with Gasteiger partial charge in [-0.15, -0.1) is 0 Å². The third-order valence-electron chi connectivity index (χ3n) is 7.39. The molecule has 4 N–H and O–H groups in total. The average Bonchev–Trinajstić information content (AvgIpc) is 3.47. The maximum absolute atomic E-state index is 12.9. The number of amides is 2. The Morgan fingerprint density at radius 2 is 1.83 bits per heavy atom. The molecule has 3 aromatic heterocycles. The summed E-state index contributed by atoms with van der Waals surface area (Å²) in [7, 11) is 1.41. The minimum absolute atomic E-state index is 0.0301. The van der Waals surface area contributed by atoms with Gasteiger partial charge in [0.25, 0.3) is 22.6 Å². The Labute approximate surface area is 236 Å². The molecule has 2 amide bonds. The summed E-state index contributed by atoms with van der Waals surface area (Å²) in [5.41, 5.74) is 0.639. The molecule has 0 unspecified atom stereocenters. The van der Waals surface area contributed by atoms with Crippen molar-refractivity contribution in [3.8, 4) is 16.8 Å². The summed E-state index contributed by atoms with van der Waals surface area (Å²) in [4.78, 5) is 28.8. The Kier molecular flexibility index (Phi) is 7.19. The quantitative estimate of drug-likeness (QED) is 0.308. The Bertz CT molecular complexity index is 1490. The lowest BCUT2D eigenvalue weighted by Gasteiger charge is -2.57. The lowest BCUT2D eigenvalue weighted by atomic mass is 9.53. The normalized spacial score (nSPS) is 22.4. The number of fused-ring (bicyclic) bond motifs is 1. The lowest BCUT2D eigenvalue weighted by Crippen LogP contribution is -2.60. The van der Waals surface area contributed by atoms with Crippen molar-refractivity contribution in [3.63, 3.8) is 0 Å². The van der Waals surface area contributed by atoms with Crippen LogP contribution in [0, 0.1) is 5.41 Å². The molecule has 1 spiro atoms. The Hall–Kier alpha value is -3.80. The van der Waals surface area contributed by atoms with Crippen LogP contribution in [0.15, 0.2) is 24.5 Å². The van der Waals surface area contributed by atoms with Gasteiger partial charge in [0.2, 0.25) is 5.88 Å². The van der Waals surface area contributed by atoms with Gasteiger partial charge in [-0.2, -0.15) is 36.4 Å². The Morgan fingerprint density at radius 3 is 2.43 bits per heavy atom. The van der Waals surface area contributed by atoms with Crippen LogP contribution < -0.4 is 25.3 Å². The highest BCUT2D eigenvalue weighted by atomic mass is 32.1. The van der Waals surface area contributed by atoms with E-state index in [1.165, 1.54) is 19.4 Å². The molecule has 0 radical (unpaired) electrons. The van der Waals surface area contributed by atoms with Gasteiger partial charge in [-0.1, -0.05) is 11.3 Å². The van der Waals surface area contributed by atoms with Crippen LogP contribution in [0.5, 0.6) is 16.8 Å². The molecule has 3 heterocycles. The van der Waals surface area contributed by atoms with Crippen molar-refractivity contribution in [3.05, 3.63) is 35.0 Å². The number of carbonyl (C=O) groups is 2. The first-order chi connectivity index (χ1) is 19.5. The third-order valence-corrected chi connectivity index (χ3v) is 8.40. The van der Waals surface area contributed by atoms with Crippen LogP contribution in [0.3, 0.4) is 0 Å². The largest absolute Gasteiger partial charge is 0.488 e. The van der Waals surface area contributed by atoms with E-state index in [9.17, 15) is 41.0 Å². The number of hydrogen-bond donors (Lipinski definition) is 3. The fourth-order valence-corrected chi connectivity index (χ4v) is 5.85. The van der Waals surface area contributed by atoms with E-state index in [0.717, 1.165) is 28.1 Å². The number of primary amides is 1. The van der Waals surface area contributed by atoms with Crippen molar-refractivity contribution in [1.29, 1.82) is 0 Å². The van der Waals surface area contributed by atoms with Crippen molar-refractivity contribution >= 4 is 28.7 Å². The molecule has 0 saturated heterocycles. The number of nitrogens with zero attached hydrogens (tertiary/aromatic N) is 3. The second-order valence-electron chi connectivity index (χ2n) is 10.3. The van der Waals surface area contributed by atoms with Crippen LogP contribution in [0.2, 0.25) is 0 Å². The zero-order valence-electron chi connectivity index (χ0n) is 21.6. The SMILES string of the molecule is COc1nc(OC2CC3(CC(NC(=O)c4cnn5cc(OCC(O)(C(F)(F)F)C(F)(F)F)ccc45)C3)C2)c(C(N)=O)s1. The molecular formula is C24H23F6N5O6S. The van der Waals surface area contributed by atoms with Gasteiger partial charge < -0.3 is 30.4 Å². The van der Waals surface area contributed by atoms with E-state index in [0.29, 0.717) is 25.7 Å². The number of methoxy groups -OCH3 is 1. The first-order valence-corrected chi connectivity index (χ1v) is 13.1. The van der Waals surface area contributed by atoms with Crippen molar-refractivity contribution in [2.45, 2.75) is 55.8 Å². The number of alkyl halides is 6. The number of hydrogen-bond acceptors (Lipinski definition) is 9. The molecule has 2 aliphatic carbocycles. The van der Waals surface area contributed by atoms with Crippen LogP contribution in [0.25, 0.3) is 5.52 Å². The first-order valence-electron chi connectivity index (χ1n) is 12.3. The molecule has 18 heteroatoms. The van der Waals surface area contributed by atoms with Crippen molar-refractivity contribution in [2.24, 2.45) is 11.1 Å². The Balaban J connectivity index is 1.14. The van der Waals surface area contributed by atoms with Crippen LogP contribution >= 0.6 is 11.3 Å². The summed E-state index contributed by atoms with van der Waals surface area (Å²) < 4.78 is 93.9. The third kappa shape index (κ3) is 5.28. The van der Waals surface area contributed by atoms with Crippen molar-refractivity contribution < 1.29 is 55.2 Å². The highest BCUT2D eigenvalue weighted by Gasteiger charge is 2.71. The zero-order chi connectivity index (χ0) is 30.7. The topological polar surface area (TPSA) is 150 Å². The summed E-state index contributed by atoms with van der Waals surface area (Å²) in [5, 5.41) is 16.3. The number of rotatable bonds is 9. The lowest BCUT2D eigenvalue weighted by molar-refractivity contribution is -0.373. The molecular weight excluding hydrogens is 600 g/mol. The maximum atomic E-state index is 12.9. The fraction of sp³-hybridized carbons (Fsp3) is 0.500. The van der Waals surface area contributed by atoms with E-state index in [-0.39, 0.29) is 44.6 Å². The predicted molar refractivity (Wildman–Crippen MR) is 132 cm³/mol. The number of pyridine rings is 1. The molecule has 0 aliphatic heterocycles. The van der Waals surface area contributed by atoms with Crippen LogP contribution in [0.4, 0.5) is 26.3 Å². The van der Waals surface area contributed by atoms with E-state index in [1.54, 1.807) is 0 Å². The van der Waals surface area contributed by atoms with Gasteiger partial charge in [-0.05, 0) is 43.2 Å². The zero-order valence-corrected chi connectivity index (χ0v) is 22.4. The number of halogens is 6. The smallest absolute Gasteiger partial charge is 0.429 e. The minimum atomic E-state index is -6.02. The van der Waals surface area contributed by atoms with Gasteiger partial charge in [0, 0.05) is 6.04 Å². The second kappa shape index (κ2) is 10.2. The summed E-state index contributed by atoms with van der Waals surface area (Å²) in [6.07, 6.45) is -7.29. The number of nitrogens with one attached hydrogen (secondary N) is 1. The number of carbonyl (C=O) groups excluding carboxylic acids is 2. The first kappa shape index (κ1) is 29.7. The van der Waals surface area contributed by atoms with Crippen LogP contribution in [0.1, 0.15) is 45.7 Å². The van der Waals surface area contributed by atoms with E-state index >= 15 is 0 Å². The molecule has 42 heavy (non-hydrogen) atoms. The molecule has 2 fully saturated rings. The van der Waals surface area contributed by atoms with Crippen molar-refractivity contribution in [1.82, 2.24) is 19.9 Å². The monoisotopic (exact) mass is 623 g/mol. The highest BCUT2D eigenvalue weighted by molar-refractivity contribution is 7.15. The molecule has 0 atom stereocenters. The van der Waals surface area contributed by atoms with Crippen molar-refractivity contribution in [2.75, 3.05) is 13.7 Å². The fourth-order valence-electron chi connectivity index (χ4n) is 5.18. The standard InChI is InChI=1S/C24H23F6N5O6S/c1-39-20-34-19(16(42-20)17(31)36)41-13-6-21(7-13)4-11(5-21)33-18(37)14-8-32-35-9-12(2-3-15(14)35)40-10-22(38,23(25,26)27)24(28,29)30/h2-3,8-9,11,13,38H,4-7,10H2,1H3,(H2,31,36)(H,33,37). The number of thiazole rings is 1. The Morgan fingerprint density at radius 1 is 1.17 bits per heavy atom. The van der Waals surface area contributed by atoms with Crippen LogP contribution in [-0.2, 0) is 0 Å². The van der Waals surface area contributed by atoms with E-state index in [4.69, 9.17) is 15.2 Å². The van der Waals surface area contributed by atoms with Gasteiger partial charge in [-0.25, -0.2) is 4.52 Å². The average molecular weight is 624 g/mol. The van der Waals surface area contributed by atoms with E-state index < -0.39 is 42.1 Å². The van der Waals surface area contributed by atoms with Gasteiger partial charge in [0.05, 0.1) is 30.6 Å².